The Kier molecular flexibility index (Phi) is 6.67. The van der Waals surface area contributed by atoms with E-state index >= 15 is 0 Å². The lowest BCUT2D eigenvalue weighted by molar-refractivity contribution is 0.0696. The van der Waals surface area contributed by atoms with Crippen molar-refractivity contribution in [1.82, 2.24) is 24.6 Å². The first-order chi connectivity index (χ1) is 13.5. The molecule has 1 amide bonds. The highest BCUT2D eigenvalue weighted by Crippen LogP contribution is 2.26. The maximum atomic E-state index is 13.1. The zero-order chi connectivity index (χ0) is 20.1. The van der Waals surface area contributed by atoms with E-state index in [1.807, 2.05) is 19.2 Å². The minimum Gasteiger partial charge on any atom is -0.328 e. The third kappa shape index (κ3) is 4.35. The van der Waals surface area contributed by atoms with Crippen LogP contribution in [-0.2, 0) is 0 Å². The minimum atomic E-state index is -0.335. The SMILES string of the molecule is CSCCN(C(=O)c1csc(Cl)c1)C(C)c1ncnn1-c1ccc(C#N)cn1. The van der Waals surface area contributed by atoms with Gasteiger partial charge in [0.25, 0.3) is 5.91 Å². The number of carbonyl (C=O) groups is 1. The van der Waals surface area contributed by atoms with Crippen LogP contribution in [0.1, 0.15) is 34.7 Å². The number of amides is 1. The van der Waals surface area contributed by atoms with Crippen molar-refractivity contribution < 1.29 is 4.79 Å². The zero-order valence-corrected chi connectivity index (χ0v) is 17.6. The lowest BCUT2D eigenvalue weighted by Gasteiger charge is -2.28. The molecular weight excluding hydrogens is 416 g/mol. The Labute approximate surface area is 176 Å². The molecule has 3 rings (SSSR count). The van der Waals surface area contributed by atoms with E-state index in [0.29, 0.717) is 33.7 Å². The summed E-state index contributed by atoms with van der Waals surface area (Å²) in [6.45, 7) is 2.47. The number of halogens is 1. The summed E-state index contributed by atoms with van der Waals surface area (Å²) in [5, 5.41) is 15.0. The summed E-state index contributed by atoms with van der Waals surface area (Å²) in [6, 6.07) is 6.76. The number of thioether (sulfide) groups is 1. The molecular formula is C18H17ClN6OS2. The molecule has 144 valence electrons. The average Bonchev–Trinajstić information content (AvgIpc) is 3.37. The summed E-state index contributed by atoms with van der Waals surface area (Å²) in [5.74, 6) is 1.81. The Bertz CT molecular complexity index is 994. The van der Waals surface area contributed by atoms with E-state index in [2.05, 4.69) is 15.1 Å². The quantitative estimate of drug-likeness (QED) is 0.564. The number of nitriles is 1. The van der Waals surface area contributed by atoms with Crippen LogP contribution in [0.3, 0.4) is 0 Å². The van der Waals surface area contributed by atoms with Gasteiger partial charge in [-0.3, -0.25) is 4.79 Å². The molecule has 7 nitrogen and oxygen atoms in total. The van der Waals surface area contributed by atoms with E-state index in [4.69, 9.17) is 16.9 Å². The molecule has 1 atom stereocenters. The summed E-state index contributed by atoms with van der Waals surface area (Å²) in [4.78, 5) is 23.5. The molecule has 0 fully saturated rings. The third-order valence-electron chi connectivity index (χ3n) is 4.12. The van der Waals surface area contributed by atoms with Gasteiger partial charge in [0.15, 0.2) is 11.6 Å². The normalized spacial score (nSPS) is 11.8. The van der Waals surface area contributed by atoms with Crippen LogP contribution < -0.4 is 0 Å². The topological polar surface area (TPSA) is 87.7 Å². The number of thiophene rings is 1. The van der Waals surface area contributed by atoms with Crippen LogP contribution in [0, 0.1) is 11.3 Å². The average molecular weight is 433 g/mol. The summed E-state index contributed by atoms with van der Waals surface area (Å²) in [6.07, 6.45) is 4.91. The number of pyridine rings is 1. The maximum absolute atomic E-state index is 13.1. The van der Waals surface area contributed by atoms with Crippen molar-refractivity contribution in [3.05, 3.63) is 57.4 Å². The van der Waals surface area contributed by atoms with Gasteiger partial charge < -0.3 is 4.90 Å². The molecule has 28 heavy (non-hydrogen) atoms. The van der Waals surface area contributed by atoms with E-state index in [1.165, 1.54) is 23.9 Å². The number of rotatable bonds is 7. The lowest BCUT2D eigenvalue weighted by atomic mass is 10.2. The fraction of sp³-hybridized carbons (Fsp3) is 0.278. The monoisotopic (exact) mass is 432 g/mol. The van der Waals surface area contributed by atoms with Crippen LogP contribution in [-0.4, -0.2) is 49.1 Å². The molecule has 0 aliphatic carbocycles. The van der Waals surface area contributed by atoms with Gasteiger partial charge >= 0.3 is 0 Å². The molecule has 0 radical (unpaired) electrons. The van der Waals surface area contributed by atoms with Crippen LogP contribution in [0.25, 0.3) is 5.82 Å². The molecule has 0 bridgehead atoms. The fourth-order valence-corrected chi connectivity index (χ4v) is 3.91. The molecule has 0 spiro atoms. The smallest absolute Gasteiger partial charge is 0.255 e. The predicted octanol–water partition coefficient (Wildman–Crippen LogP) is 3.82. The Balaban J connectivity index is 1.93. The molecule has 0 aliphatic heterocycles. The Morgan fingerprint density at radius 3 is 2.89 bits per heavy atom. The Hall–Kier alpha value is -2.41. The maximum Gasteiger partial charge on any atom is 0.255 e. The number of aromatic nitrogens is 4. The van der Waals surface area contributed by atoms with Gasteiger partial charge in [-0.25, -0.2) is 9.97 Å². The molecule has 10 heteroatoms. The second kappa shape index (κ2) is 9.19. The summed E-state index contributed by atoms with van der Waals surface area (Å²) in [7, 11) is 0. The number of hydrogen-bond donors (Lipinski definition) is 0. The highest BCUT2D eigenvalue weighted by molar-refractivity contribution is 7.98. The standard InChI is InChI=1S/C18H17ClN6OS2/c1-12(24(5-6-27-2)18(26)14-7-15(19)28-10-14)17-22-11-23-25(17)16-4-3-13(8-20)9-21-16/h3-4,7,9-12H,5-6H2,1-2H3. The summed E-state index contributed by atoms with van der Waals surface area (Å²) >= 11 is 9.00. The highest BCUT2D eigenvalue weighted by atomic mass is 35.5. The van der Waals surface area contributed by atoms with Gasteiger partial charge in [0.05, 0.1) is 21.5 Å². The van der Waals surface area contributed by atoms with Gasteiger partial charge in [0.1, 0.15) is 12.4 Å². The van der Waals surface area contributed by atoms with Crippen molar-refractivity contribution in [2.24, 2.45) is 0 Å². The zero-order valence-electron chi connectivity index (χ0n) is 15.2. The molecule has 0 aliphatic rings. The van der Waals surface area contributed by atoms with Crippen LogP contribution in [0.5, 0.6) is 0 Å². The van der Waals surface area contributed by atoms with Crippen molar-refractivity contribution in [2.75, 3.05) is 18.6 Å². The van der Waals surface area contributed by atoms with Gasteiger partial charge in [0, 0.05) is 23.9 Å². The molecule has 1 unspecified atom stereocenters. The number of carbonyl (C=O) groups excluding carboxylic acids is 1. The third-order valence-corrected chi connectivity index (χ3v) is 5.80. The fourth-order valence-electron chi connectivity index (χ4n) is 2.68. The largest absolute Gasteiger partial charge is 0.328 e. The van der Waals surface area contributed by atoms with Gasteiger partial charge in [-0.05, 0) is 31.4 Å². The van der Waals surface area contributed by atoms with E-state index in [-0.39, 0.29) is 11.9 Å². The van der Waals surface area contributed by atoms with E-state index in [1.54, 1.807) is 44.9 Å². The van der Waals surface area contributed by atoms with Crippen LogP contribution >= 0.6 is 34.7 Å². The van der Waals surface area contributed by atoms with Gasteiger partial charge in [0.2, 0.25) is 0 Å². The molecule has 0 aromatic carbocycles. The minimum absolute atomic E-state index is 0.105. The van der Waals surface area contributed by atoms with Crippen LogP contribution in [0.4, 0.5) is 0 Å². The predicted molar refractivity (Wildman–Crippen MR) is 111 cm³/mol. The summed E-state index contributed by atoms with van der Waals surface area (Å²) in [5.41, 5.74) is 1.02. The van der Waals surface area contributed by atoms with Crippen molar-refractivity contribution in [3.8, 4) is 11.9 Å². The lowest BCUT2D eigenvalue weighted by Crippen LogP contribution is -2.36. The van der Waals surface area contributed by atoms with Crippen molar-refractivity contribution in [1.29, 1.82) is 5.26 Å². The molecule has 0 saturated carbocycles. The van der Waals surface area contributed by atoms with E-state index in [9.17, 15) is 4.79 Å². The van der Waals surface area contributed by atoms with Crippen molar-refractivity contribution >= 4 is 40.6 Å². The first-order valence-electron chi connectivity index (χ1n) is 8.35. The van der Waals surface area contributed by atoms with Crippen LogP contribution in [0.15, 0.2) is 36.1 Å². The first kappa shape index (κ1) is 20.3. The number of hydrogen-bond acceptors (Lipinski definition) is 7. The molecule has 3 aromatic heterocycles. The van der Waals surface area contributed by atoms with Gasteiger partial charge in [-0.2, -0.15) is 26.8 Å². The highest BCUT2D eigenvalue weighted by Gasteiger charge is 2.27. The van der Waals surface area contributed by atoms with E-state index in [0.717, 1.165) is 5.75 Å². The molecule has 3 heterocycles. The van der Waals surface area contributed by atoms with E-state index < -0.39 is 0 Å². The number of nitrogens with zero attached hydrogens (tertiary/aromatic N) is 6. The van der Waals surface area contributed by atoms with Gasteiger partial charge in [-0.1, -0.05) is 11.6 Å². The van der Waals surface area contributed by atoms with Gasteiger partial charge in [-0.15, -0.1) is 11.3 Å². The first-order valence-corrected chi connectivity index (χ1v) is 11.0. The second-order valence-electron chi connectivity index (χ2n) is 5.85. The van der Waals surface area contributed by atoms with Crippen molar-refractivity contribution in [2.45, 2.75) is 13.0 Å². The molecule has 0 saturated heterocycles. The molecule has 0 N–H and O–H groups in total. The Morgan fingerprint density at radius 2 is 2.29 bits per heavy atom. The van der Waals surface area contributed by atoms with Crippen molar-refractivity contribution in [3.63, 3.8) is 0 Å². The van der Waals surface area contributed by atoms with Crippen LogP contribution in [0.2, 0.25) is 4.34 Å². The molecule has 3 aromatic rings. The second-order valence-corrected chi connectivity index (χ2v) is 8.38. The summed E-state index contributed by atoms with van der Waals surface area (Å²) < 4.78 is 2.16. The Morgan fingerprint density at radius 1 is 1.46 bits per heavy atom.